The number of ether oxygens (including phenoxy) is 3. The second-order valence-electron chi connectivity index (χ2n) is 9.48. The van der Waals surface area contributed by atoms with Crippen LogP contribution in [0.5, 0.6) is 0 Å². The molecule has 0 N–H and O–H groups in total. The molecule has 2 atom stereocenters. The van der Waals surface area contributed by atoms with Crippen molar-refractivity contribution in [1.82, 2.24) is 0 Å². The molecular weight excluding hydrogens is 662 g/mol. The van der Waals surface area contributed by atoms with Gasteiger partial charge in [-0.15, -0.1) is 0 Å². The number of alkyl halides is 2. The van der Waals surface area contributed by atoms with Gasteiger partial charge in [0.15, 0.2) is 0 Å². The lowest BCUT2D eigenvalue weighted by molar-refractivity contribution is -0.167. The maximum atomic E-state index is 6.01. The lowest BCUT2D eigenvalue weighted by atomic mass is 10.1. The fourth-order valence-corrected chi connectivity index (χ4v) is 5.12. The van der Waals surface area contributed by atoms with Crippen LogP contribution in [0.25, 0.3) is 0 Å². The maximum Gasteiger partial charge on any atom is 0.149 e. The summed E-state index contributed by atoms with van der Waals surface area (Å²) >= 11 is 4.93. The molecule has 0 fully saturated rings. The number of hydrogen-bond acceptors (Lipinski definition) is 3. The van der Waals surface area contributed by atoms with Crippen LogP contribution in [-0.2, 0) is 14.2 Å². The van der Waals surface area contributed by atoms with E-state index >= 15 is 0 Å². The van der Waals surface area contributed by atoms with Gasteiger partial charge >= 0.3 is 0 Å². The largest absolute Gasteiger partial charge is 0.352 e. The topological polar surface area (TPSA) is 27.7 Å². The summed E-state index contributed by atoms with van der Waals surface area (Å²) in [5.41, 5.74) is 0. The van der Waals surface area contributed by atoms with Gasteiger partial charge < -0.3 is 14.2 Å². The molecule has 0 aromatic carbocycles. The zero-order valence-corrected chi connectivity index (χ0v) is 27.3. The highest BCUT2D eigenvalue weighted by molar-refractivity contribution is 14.1. The van der Waals surface area contributed by atoms with Gasteiger partial charge in [-0.2, -0.15) is 0 Å². The Balaban J connectivity index is 3.87. The predicted molar refractivity (Wildman–Crippen MR) is 171 cm³/mol. The van der Waals surface area contributed by atoms with E-state index in [-0.39, 0.29) is 12.2 Å². The van der Waals surface area contributed by atoms with E-state index in [9.17, 15) is 0 Å². The third kappa shape index (κ3) is 27.7. The monoisotopic (exact) mass is 718 g/mol. The lowest BCUT2D eigenvalue weighted by Gasteiger charge is -2.19. The first kappa shape index (κ1) is 35.8. The molecule has 0 spiro atoms. The Morgan fingerprint density at radius 2 is 0.914 bits per heavy atom. The molecule has 0 aromatic rings. The fourth-order valence-electron chi connectivity index (χ4n) is 4.04. The molecule has 0 amide bonds. The molecule has 2 unspecified atom stereocenters. The van der Waals surface area contributed by atoms with E-state index in [0.29, 0.717) is 13.6 Å². The van der Waals surface area contributed by atoms with Crippen molar-refractivity contribution in [3.05, 3.63) is 24.3 Å². The number of halogens is 2. The summed E-state index contributed by atoms with van der Waals surface area (Å²) in [5.74, 6) is 0. The van der Waals surface area contributed by atoms with Crippen LogP contribution in [-0.4, -0.2) is 34.6 Å². The van der Waals surface area contributed by atoms with Crippen molar-refractivity contribution in [3.63, 3.8) is 0 Å². The quantitative estimate of drug-likeness (QED) is 0.0265. The van der Waals surface area contributed by atoms with Crippen molar-refractivity contribution in [2.45, 2.75) is 142 Å². The molecule has 0 aliphatic carbocycles. The Kier molecular flexibility index (Phi) is 31.8. The number of hydrogen-bond donors (Lipinski definition) is 0. The molecule has 5 heteroatoms. The van der Waals surface area contributed by atoms with Crippen molar-refractivity contribution in [3.8, 4) is 0 Å². The fraction of sp³-hybridized carbons (Fsp3) is 0.867. The van der Waals surface area contributed by atoms with Gasteiger partial charge in [0.05, 0.1) is 12.2 Å². The van der Waals surface area contributed by atoms with E-state index < -0.39 is 0 Å². The minimum Gasteiger partial charge on any atom is -0.352 e. The van der Waals surface area contributed by atoms with Crippen molar-refractivity contribution < 1.29 is 14.2 Å². The van der Waals surface area contributed by atoms with Crippen LogP contribution in [0.3, 0.4) is 0 Å². The van der Waals surface area contributed by atoms with Crippen LogP contribution < -0.4 is 0 Å². The van der Waals surface area contributed by atoms with Crippen LogP contribution in [0.2, 0.25) is 0 Å². The zero-order chi connectivity index (χ0) is 25.7. The van der Waals surface area contributed by atoms with Gasteiger partial charge in [-0.1, -0.05) is 122 Å². The molecule has 0 radical (unpaired) electrons. The maximum absolute atomic E-state index is 6.01. The van der Waals surface area contributed by atoms with Gasteiger partial charge in [0.2, 0.25) is 0 Å². The van der Waals surface area contributed by atoms with Crippen LogP contribution in [0.4, 0.5) is 0 Å². The summed E-state index contributed by atoms with van der Waals surface area (Å²) in [6.07, 6.45) is 32.1. The van der Waals surface area contributed by atoms with Crippen LogP contribution in [0.1, 0.15) is 129 Å². The minimum absolute atomic E-state index is 0.284. The summed E-state index contributed by atoms with van der Waals surface area (Å²) in [7, 11) is 0. The summed E-state index contributed by atoms with van der Waals surface area (Å²) in [5, 5.41) is 0. The molecule has 208 valence electrons. The predicted octanol–water partition coefficient (Wildman–Crippen LogP) is 10.7. The molecule has 0 saturated heterocycles. The molecule has 35 heavy (non-hydrogen) atoms. The van der Waals surface area contributed by atoms with Gasteiger partial charge in [0.25, 0.3) is 0 Å². The average Bonchev–Trinajstić information content (AvgIpc) is 2.86. The van der Waals surface area contributed by atoms with Crippen molar-refractivity contribution in [1.29, 1.82) is 0 Å². The zero-order valence-electron chi connectivity index (χ0n) is 23.0. The minimum atomic E-state index is 0.284. The van der Waals surface area contributed by atoms with E-state index in [1.165, 1.54) is 73.1 Å². The van der Waals surface area contributed by atoms with Crippen molar-refractivity contribution in [2.75, 3.05) is 22.4 Å². The SMILES string of the molecule is CCCC(CCC=CCCCCCCI)OCOCOC(CCC)CCC=CCCCCCCI. The van der Waals surface area contributed by atoms with Gasteiger partial charge in [-0.25, -0.2) is 0 Å². The van der Waals surface area contributed by atoms with Crippen molar-refractivity contribution in [2.24, 2.45) is 0 Å². The van der Waals surface area contributed by atoms with E-state index in [4.69, 9.17) is 14.2 Å². The Labute approximate surface area is 246 Å². The van der Waals surface area contributed by atoms with Gasteiger partial charge in [-0.05, 0) is 85.9 Å². The summed E-state index contributed by atoms with van der Waals surface area (Å²) in [6, 6.07) is 0. The van der Waals surface area contributed by atoms with Crippen LogP contribution in [0.15, 0.2) is 24.3 Å². The molecule has 0 rings (SSSR count). The highest BCUT2D eigenvalue weighted by atomic mass is 127. The molecule has 0 aliphatic heterocycles. The molecule has 0 heterocycles. The first-order valence-electron chi connectivity index (χ1n) is 14.5. The van der Waals surface area contributed by atoms with Crippen LogP contribution in [0, 0.1) is 0 Å². The van der Waals surface area contributed by atoms with Crippen molar-refractivity contribution >= 4 is 45.2 Å². The van der Waals surface area contributed by atoms with Gasteiger partial charge in [0.1, 0.15) is 13.6 Å². The second-order valence-corrected chi connectivity index (χ2v) is 11.6. The van der Waals surface area contributed by atoms with E-state index in [1.807, 2.05) is 0 Å². The normalized spacial score (nSPS) is 13.8. The molecule has 3 nitrogen and oxygen atoms in total. The standard InChI is InChI=1S/C30H56I2O3/c1-3-21-29(23-17-13-9-5-7-11-15-19-25-31)34-27-33-28-35-30(22-4-2)24-18-14-10-6-8-12-16-20-26-32/h9-10,13-14,29-30H,3-8,11-12,15-28H2,1-2H3. The summed E-state index contributed by atoms with van der Waals surface area (Å²) < 4.78 is 20.3. The Morgan fingerprint density at radius 3 is 1.31 bits per heavy atom. The smallest absolute Gasteiger partial charge is 0.149 e. The lowest BCUT2D eigenvalue weighted by Crippen LogP contribution is -2.18. The first-order chi connectivity index (χ1) is 17.3. The highest BCUT2D eigenvalue weighted by Gasteiger charge is 2.09. The van der Waals surface area contributed by atoms with Gasteiger partial charge in [0, 0.05) is 0 Å². The number of allylic oxidation sites excluding steroid dienone is 4. The van der Waals surface area contributed by atoms with Gasteiger partial charge in [-0.3, -0.25) is 0 Å². The van der Waals surface area contributed by atoms with Crippen LogP contribution >= 0.6 is 45.2 Å². The number of unbranched alkanes of at least 4 members (excludes halogenated alkanes) is 8. The van der Waals surface area contributed by atoms with E-state index in [2.05, 4.69) is 83.3 Å². The molecular formula is C30H56I2O3. The average molecular weight is 719 g/mol. The highest BCUT2D eigenvalue weighted by Crippen LogP contribution is 2.13. The molecule has 0 aliphatic rings. The Hall–Kier alpha value is 0.820. The Morgan fingerprint density at radius 1 is 0.514 bits per heavy atom. The summed E-state index contributed by atoms with van der Waals surface area (Å²) in [4.78, 5) is 0. The van der Waals surface area contributed by atoms with E-state index in [1.54, 1.807) is 0 Å². The second kappa shape index (κ2) is 31.0. The first-order valence-corrected chi connectivity index (χ1v) is 17.6. The molecule has 0 aromatic heterocycles. The third-order valence-electron chi connectivity index (χ3n) is 6.15. The molecule has 0 bridgehead atoms. The Bertz CT molecular complexity index is 417. The molecule has 0 saturated carbocycles. The van der Waals surface area contributed by atoms with E-state index in [0.717, 1.165) is 51.4 Å². The number of rotatable bonds is 28. The third-order valence-corrected chi connectivity index (χ3v) is 7.67. The summed E-state index contributed by atoms with van der Waals surface area (Å²) in [6.45, 7) is 5.12.